The Morgan fingerprint density at radius 2 is 2.08 bits per heavy atom. The van der Waals surface area contributed by atoms with Crippen LogP contribution < -0.4 is 4.74 Å². The SMILES string of the molecule is Cc1c(C(=O)N(C)Cc2ccc(OC(F)F)cc2)cnn1CCC#N. The molecule has 2 aromatic rings. The summed E-state index contributed by atoms with van der Waals surface area (Å²) < 4.78 is 30.2. The largest absolute Gasteiger partial charge is 0.435 e. The Balaban J connectivity index is 2.03. The average Bonchev–Trinajstić information content (AvgIpc) is 2.94. The first-order valence-electron chi connectivity index (χ1n) is 7.61. The van der Waals surface area contributed by atoms with Crippen LogP contribution in [0.25, 0.3) is 0 Å². The lowest BCUT2D eigenvalue weighted by Gasteiger charge is -2.17. The van der Waals surface area contributed by atoms with Crippen LogP contribution in [0.4, 0.5) is 8.78 Å². The van der Waals surface area contributed by atoms with Crippen LogP contribution in [0.3, 0.4) is 0 Å². The highest BCUT2D eigenvalue weighted by Gasteiger charge is 2.18. The van der Waals surface area contributed by atoms with E-state index in [1.165, 1.54) is 23.2 Å². The highest BCUT2D eigenvalue weighted by molar-refractivity contribution is 5.94. The van der Waals surface area contributed by atoms with Crippen LogP contribution in [-0.2, 0) is 13.1 Å². The van der Waals surface area contributed by atoms with Crippen LogP contribution in [-0.4, -0.2) is 34.2 Å². The number of carbonyl (C=O) groups is 1. The van der Waals surface area contributed by atoms with E-state index in [1.807, 2.05) is 6.07 Å². The summed E-state index contributed by atoms with van der Waals surface area (Å²) in [6, 6.07) is 8.17. The van der Waals surface area contributed by atoms with Crippen LogP contribution >= 0.6 is 0 Å². The normalized spacial score (nSPS) is 10.6. The minimum atomic E-state index is -2.87. The summed E-state index contributed by atoms with van der Waals surface area (Å²) >= 11 is 0. The minimum absolute atomic E-state index is 0.0716. The summed E-state index contributed by atoms with van der Waals surface area (Å²) in [5.74, 6) is -0.129. The van der Waals surface area contributed by atoms with Crippen LogP contribution in [0.15, 0.2) is 30.5 Å². The van der Waals surface area contributed by atoms with Gasteiger partial charge in [-0.2, -0.15) is 19.1 Å². The molecule has 0 radical (unpaired) electrons. The van der Waals surface area contributed by atoms with Crippen molar-refractivity contribution in [2.24, 2.45) is 0 Å². The number of rotatable bonds is 7. The summed E-state index contributed by atoms with van der Waals surface area (Å²) in [4.78, 5) is 14.1. The number of amides is 1. The Hall–Kier alpha value is -2.95. The monoisotopic (exact) mass is 348 g/mol. The van der Waals surface area contributed by atoms with Crippen LogP contribution in [0.5, 0.6) is 5.75 Å². The number of alkyl halides is 2. The zero-order valence-corrected chi connectivity index (χ0v) is 13.9. The zero-order valence-electron chi connectivity index (χ0n) is 13.9. The van der Waals surface area contributed by atoms with E-state index in [9.17, 15) is 13.6 Å². The molecule has 0 aliphatic rings. The molecule has 1 aromatic heterocycles. The van der Waals surface area contributed by atoms with E-state index in [-0.39, 0.29) is 11.7 Å². The first kappa shape index (κ1) is 18.4. The van der Waals surface area contributed by atoms with Gasteiger partial charge in [-0.25, -0.2) is 0 Å². The molecule has 1 heterocycles. The molecule has 1 aromatic carbocycles. The fraction of sp³-hybridized carbons (Fsp3) is 0.353. The van der Waals surface area contributed by atoms with Gasteiger partial charge in [-0.3, -0.25) is 9.48 Å². The van der Waals surface area contributed by atoms with Crippen molar-refractivity contribution in [1.29, 1.82) is 5.26 Å². The van der Waals surface area contributed by atoms with Crippen molar-refractivity contribution in [3.8, 4) is 11.8 Å². The standard InChI is InChI=1S/C17H18F2N4O2/c1-12-15(10-21-23(12)9-3-8-20)16(24)22(2)11-13-4-6-14(7-5-13)25-17(18)19/h4-7,10,17H,3,9,11H2,1-2H3. The molecular weight excluding hydrogens is 330 g/mol. The molecule has 132 valence electrons. The fourth-order valence-corrected chi connectivity index (χ4v) is 2.37. The highest BCUT2D eigenvalue weighted by atomic mass is 19.3. The summed E-state index contributed by atoms with van der Waals surface area (Å²) in [7, 11) is 1.65. The smallest absolute Gasteiger partial charge is 0.387 e. The van der Waals surface area contributed by atoms with Gasteiger partial charge < -0.3 is 9.64 Å². The molecule has 0 aliphatic carbocycles. The van der Waals surface area contributed by atoms with Crippen LogP contribution in [0, 0.1) is 18.3 Å². The minimum Gasteiger partial charge on any atom is -0.435 e. The number of aryl methyl sites for hydroxylation is 1. The van der Waals surface area contributed by atoms with Gasteiger partial charge in [0.25, 0.3) is 5.91 Å². The summed E-state index contributed by atoms with van der Waals surface area (Å²) in [5, 5.41) is 12.8. The predicted molar refractivity (Wildman–Crippen MR) is 86.1 cm³/mol. The quantitative estimate of drug-likeness (QED) is 0.771. The first-order valence-corrected chi connectivity index (χ1v) is 7.61. The van der Waals surface area contributed by atoms with E-state index in [0.717, 1.165) is 5.56 Å². The van der Waals surface area contributed by atoms with Gasteiger partial charge in [-0.05, 0) is 24.6 Å². The molecule has 0 atom stereocenters. The van der Waals surface area contributed by atoms with Crippen molar-refractivity contribution in [1.82, 2.24) is 14.7 Å². The van der Waals surface area contributed by atoms with E-state index >= 15 is 0 Å². The molecule has 1 amide bonds. The van der Waals surface area contributed by atoms with Crippen molar-refractivity contribution in [3.63, 3.8) is 0 Å². The third-order valence-corrected chi connectivity index (χ3v) is 3.68. The zero-order chi connectivity index (χ0) is 18.4. The fourth-order valence-electron chi connectivity index (χ4n) is 2.37. The van der Waals surface area contributed by atoms with E-state index in [4.69, 9.17) is 5.26 Å². The second-order valence-electron chi connectivity index (χ2n) is 5.46. The van der Waals surface area contributed by atoms with Crippen molar-refractivity contribution in [2.75, 3.05) is 7.05 Å². The molecular formula is C17H18F2N4O2. The molecule has 0 saturated heterocycles. The molecule has 0 aliphatic heterocycles. The molecule has 0 saturated carbocycles. The summed E-state index contributed by atoms with van der Waals surface area (Å²) in [6.07, 6.45) is 1.81. The Morgan fingerprint density at radius 1 is 1.40 bits per heavy atom. The van der Waals surface area contributed by atoms with E-state index in [2.05, 4.69) is 9.84 Å². The lowest BCUT2D eigenvalue weighted by molar-refractivity contribution is -0.0498. The number of halogens is 2. The molecule has 25 heavy (non-hydrogen) atoms. The number of nitrogens with zero attached hydrogens (tertiary/aromatic N) is 4. The van der Waals surface area contributed by atoms with Crippen molar-refractivity contribution < 1.29 is 18.3 Å². The highest BCUT2D eigenvalue weighted by Crippen LogP contribution is 2.17. The number of hydrogen-bond donors (Lipinski definition) is 0. The molecule has 0 N–H and O–H groups in total. The van der Waals surface area contributed by atoms with Gasteiger partial charge in [-0.1, -0.05) is 12.1 Å². The number of carbonyl (C=O) groups excluding carboxylic acids is 1. The van der Waals surface area contributed by atoms with Gasteiger partial charge in [0.2, 0.25) is 0 Å². The molecule has 6 nitrogen and oxygen atoms in total. The van der Waals surface area contributed by atoms with Gasteiger partial charge in [-0.15, -0.1) is 0 Å². The molecule has 0 unspecified atom stereocenters. The maximum Gasteiger partial charge on any atom is 0.387 e. The number of benzene rings is 1. The first-order chi connectivity index (χ1) is 11.9. The number of ether oxygens (including phenoxy) is 1. The Bertz CT molecular complexity index is 766. The predicted octanol–water partition coefficient (Wildman–Crippen LogP) is 2.98. The number of nitriles is 1. The van der Waals surface area contributed by atoms with E-state index in [0.29, 0.717) is 30.8 Å². The number of hydrogen-bond acceptors (Lipinski definition) is 4. The average molecular weight is 348 g/mol. The molecule has 0 bridgehead atoms. The second-order valence-corrected chi connectivity index (χ2v) is 5.46. The van der Waals surface area contributed by atoms with E-state index in [1.54, 1.807) is 30.8 Å². The van der Waals surface area contributed by atoms with Crippen LogP contribution in [0.1, 0.15) is 28.0 Å². The second kappa shape index (κ2) is 8.24. The molecule has 8 heteroatoms. The van der Waals surface area contributed by atoms with Gasteiger partial charge in [0, 0.05) is 19.3 Å². The summed E-state index contributed by atoms with van der Waals surface area (Å²) in [6.45, 7) is -0.334. The lowest BCUT2D eigenvalue weighted by atomic mass is 10.2. The Labute approximate surface area is 144 Å². The summed E-state index contributed by atoms with van der Waals surface area (Å²) in [5.41, 5.74) is 1.96. The third-order valence-electron chi connectivity index (χ3n) is 3.68. The Kier molecular flexibility index (Phi) is 6.06. The van der Waals surface area contributed by atoms with Crippen molar-refractivity contribution in [3.05, 3.63) is 47.3 Å². The molecule has 0 spiro atoms. The third kappa shape index (κ3) is 4.76. The van der Waals surface area contributed by atoms with Crippen molar-refractivity contribution in [2.45, 2.75) is 33.0 Å². The van der Waals surface area contributed by atoms with Crippen molar-refractivity contribution >= 4 is 5.91 Å². The molecule has 2 rings (SSSR count). The Morgan fingerprint density at radius 3 is 2.68 bits per heavy atom. The van der Waals surface area contributed by atoms with Crippen LogP contribution in [0.2, 0.25) is 0 Å². The van der Waals surface area contributed by atoms with Gasteiger partial charge in [0.05, 0.1) is 30.8 Å². The van der Waals surface area contributed by atoms with E-state index < -0.39 is 6.61 Å². The number of aromatic nitrogens is 2. The van der Waals surface area contributed by atoms with Gasteiger partial charge in [0.1, 0.15) is 5.75 Å². The van der Waals surface area contributed by atoms with Gasteiger partial charge in [0.15, 0.2) is 0 Å². The lowest BCUT2D eigenvalue weighted by Crippen LogP contribution is -2.26. The van der Waals surface area contributed by atoms with Gasteiger partial charge >= 0.3 is 6.61 Å². The maximum atomic E-state index is 12.6. The maximum absolute atomic E-state index is 12.6. The topological polar surface area (TPSA) is 71.2 Å². The molecule has 0 fully saturated rings.